The van der Waals surface area contributed by atoms with E-state index in [9.17, 15) is 0 Å². The molecule has 2 aromatic rings. The molecule has 6 heteroatoms. The van der Waals surface area contributed by atoms with E-state index in [0.29, 0.717) is 6.54 Å². The highest BCUT2D eigenvalue weighted by Crippen LogP contribution is 2.24. The molecule has 0 aliphatic carbocycles. The second kappa shape index (κ2) is 4.71. The van der Waals surface area contributed by atoms with Gasteiger partial charge in [0.2, 0.25) is 0 Å². The third kappa shape index (κ3) is 2.45. The van der Waals surface area contributed by atoms with E-state index in [1.165, 1.54) is 11.2 Å². The number of aryl methyl sites for hydroxylation is 2. The van der Waals surface area contributed by atoms with E-state index in [4.69, 9.17) is 0 Å². The van der Waals surface area contributed by atoms with Crippen molar-refractivity contribution in [3.05, 3.63) is 27.7 Å². The van der Waals surface area contributed by atoms with E-state index in [0.717, 1.165) is 16.5 Å². The van der Waals surface area contributed by atoms with Gasteiger partial charge in [-0.3, -0.25) is 5.10 Å². The summed E-state index contributed by atoms with van der Waals surface area (Å²) in [6.07, 6.45) is 1.52. The zero-order valence-corrected chi connectivity index (χ0v) is 10.4. The van der Waals surface area contributed by atoms with Crippen LogP contribution < -0.4 is 5.32 Å². The van der Waals surface area contributed by atoms with Gasteiger partial charge in [-0.25, -0.2) is 9.97 Å². The molecule has 2 N–H and O–H groups in total. The molecule has 0 bridgehead atoms. The molecule has 5 nitrogen and oxygen atoms in total. The fourth-order valence-corrected chi connectivity index (χ4v) is 2.56. The van der Waals surface area contributed by atoms with Crippen LogP contribution in [0.4, 0.5) is 0 Å². The standard InChI is InChI=1S/C10H15N5S/c1-6(10-7(2)14-8(3)16-10)11-4-9-12-5-13-15-9/h5-6,11H,4H2,1-3H3,(H,12,13,15). The summed E-state index contributed by atoms with van der Waals surface area (Å²) in [5.74, 6) is 0.853. The summed E-state index contributed by atoms with van der Waals surface area (Å²) < 4.78 is 0. The predicted octanol–water partition coefficient (Wildman–Crippen LogP) is 1.73. The number of thiazole rings is 1. The van der Waals surface area contributed by atoms with E-state index in [1.807, 2.05) is 13.8 Å². The highest BCUT2D eigenvalue weighted by Gasteiger charge is 2.12. The third-order valence-corrected chi connectivity index (χ3v) is 3.63. The van der Waals surface area contributed by atoms with Crippen LogP contribution in [0.15, 0.2) is 6.33 Å². The SMILES string of the molecule is Cc1nc(C)c(C(C)NCc2ncn[nH]2)s1. The molecule has 1 unspecified atom stereocenters. The van der Waals surface area contributed by atoms with Crippen molar-refractivity contribution in [3.8, 4) is 0 Å². The molecule has 2 heterocycles. The van der Waals surface area contributed by atoms with Gasteiger partial charge in [0.05, 0.1) is 17.2 Å². The number of nitrogens with zero attached hydrogens (tertiary/aromatic N) is 3. The Hall–Kier alpha value is -1.27. The first-order valence-electron chi connectivity index (χ1n) is 5.18. The van der Waals surface area contributed by atoms with Crippen LogP contribution >= 0.6 is 11.3 Å². The molecule has 86 valence electrons. The first kappa shape index (κ1) is 11.2. The summed E-state index contributed by atoms with van der Waals surface area (Å²) in [4.78, 5) is 9.78. The van der Waals surface area contributed by atoms with Crippen molar-refractivity contribution < 1.29 is 0 Å². The molecule has 0 radical (unpaired) electrons. The van der Waals surface area contributed by atoms with Crippen LogP contribution in [0.25, 0.3) is 0 Å². The van der Waals surface area contributed by atoms with Crippen LogP contribution in [0.3, 0.4) is 0 Å². The zero-order chi connectivity index (χ0) is 11.5. The average molecular weight is 237 g/mol. The number of nitrogens with one attached hydrogen (secondary N) is 2. The lowest BCUT2D eigenvalue weighted by Crippen LogP contribution is -2.18. The van der Waals surface area contributed by atoms with E-state index in [1.54, 1.807) is 11.3 Å². The second-order valence-corrected chi connectivity index (χ2v) is 4.95. The maximum absolute atomic E-state index is 4.42. The first-order chi connectivity index (χ1) is 7.66. The van der Waals surface area contributed by atoms with Crippen LogP contribution in [0.1, 0.15) is 34.4 Å². The van der Waals surface area contributed by atoms with Crippen LogP contribution in [-0.2, 0) is 6.54 Å². The van der Waals surface area contributed by atoms with Gasteiger partial charge in [-0.15, -0.1) is 11.3 Å². The smallest absolute Gasteiger partial charge is 0.138 e. The largest absolute Gasteiger partial charge is 0.302 e. The molecule has 0 aliphatic heterocycles. The molecule has 2 rings (SSSR count). The monoisotopic (exact) mass is 237 g/mol. The molecule has 0 aliphatic rings. The van der Waals surface area contributed by atoms with Crippen LogP contribution in [-0.4, -0.2) is 20.2 Å². The van der Waals surface area contributed by atoms with E-state index < -0.39 is 0 Å². The lowest BCUT2D eigenvalue weighted by molar-refractivity contribution is 0.564. The Morgan fingerprint density at radius 1 is 1.50 bits per heavy atom. The lowest BCUT2D eigenvalue weighted by atomic mass is 10.2. The maximum Gasteiger partial charge on any atom is 0.138 e. The Labute approximate surface area is 98.3 Å². The van der Waals surface area contributed by atoms with Crippen molar-refractivity contribution >= 4 is 11.3 Å². The minimum atomic E-state index is 0.288. The van der Waals surface area contributed by atoms with Crippen molar-refractivity contribution in [2.75, 3.05) is 0 Å². The van der Waals surface area contributed by atoms with Crippen LogP contribution in [0.5, 0.6) is 0 Å². The summed E-state index contributed by atoms with van der Waals surface area (Å²) in [5, 5.41) is 11.1. The molecule has 1 atom stereocenters. The summed E-state index contributed by atoms with van der Waals surface area (Å²) in [5.41, 5.74) is 1.11. The van der Waals surface area contributed by atoms with Crippen LogP contribution in [0.2, 0.25) is 0 Å². The Balaban J connectivity index is 1.98. The van der Waals surface area contributed by atoms with E-state index in [-0.39, 0.29) is 6.04 Å². The molecule has 0 aromatic carbocycles. The van der Waals surface area contributed by atoms with E-state index >= 15 is 0 Å². The molecule has 0 saturated heterocycles. The lowest BCUT2D eigenvalue weighted by Gasteiger charge is -2.11. The number of rotatable bonds is 4. The molecular weight excluding hydrogens is 222 g/mol. The van der Waals surface area contributed by atoms with Crippen molar-refractivity contribution in [2.45, 2.75) is 33.4 Å². The summed E-state index contributed by atoms with van der Waals surface area (Å²) in [6.45, 7) is 6.91. The molecule has 0 fully saturated rings. The first-order valence-corrected chi connectivity index (χ1v) is 6.00. The van der Waals surface area contributed by atoms with E-state index in [2.05, 4.69) is 32.4 Å². The maximum atomic E-state index is 4.42. The van der Waals surface area contributed by atoms with Gasteiger partial charge >= 0.3 is 0 Å². The van der Waals surface area contributed by atoms with Gasteiger partial charge < -0.3 is 5.32 Å². The minimum absolute atomic E-state index is 0.288. The third-order valence-electron chi connectivity index (χ3n) is 2.37. The number of H-pyrrole nitrogens is 1. The molecule has 0 amide bonds. The highest BCUT2D eigenvalue weighted by atomic mass is 32.1. The fraction of sp³-hybridized carbons (Fsp3) is 0.500. The van der Waals surface area contributed by atoms with Gasteiger partial charge in [0, 0.05) is 10.9 Å². The topological polar surface area (TPSA) is 66.5 Å². The fourth-order valence-electron chi connectivity index (χ4n) is 1.61. The van der Waals surface area contributed by atoms with Crippen molar-refractivity contribution in [1.29, 1.82) is 0 Å². The number of aromatic amines is 1. The summed E-state index contributed by atoms with van der Waals surface area (Å²) >= 11 is 1.74. The van der Waals surface area contributed by atoms with Gasteiger partial charge in [0.25, 0.3) is 0 Å². The van der Waals surface area contributed by atoms with Gasteiger partial charge in [-0.1, -0.05) is 0 Å². The summed E-state index contributed by atoms with van der Waals surface area (Å²) in [6, 6.07) is 0.288. The van der Waals surface area contributed by atoms with Crippen molar-refractivity contribution in [3.63, 3.8) is 0 Å². The second-order valence-electron chi connectivity index (χ2n) is 3.72. The van der Waals surface area contributed by atoms with Gasteiger partial charge in [-0.05, 0) is 20.8 Å². The molecule has 2 aromatic heterocycles. The number of hydrogen-bond donors (Lipinski definition) is 2. The van der Waals surface area contributed by atoms with Crippen LogP contribution in [0, 0.1) is 13.8 Å². The Bertz CT molecular complexity index is 448. The zero-order valence-electron chi connectivity index (χ0n) is 9.61. The average Bonchev–Trinajstić information content (AvgIpc) is 2.84. The highest BCUT2D eigenvalue weighted by molar-refractivity contribution is 7.11. The quantitative estimate of drug-likeness (QED) is 0.850. The molecule has 0 saturated carbocycles. The normalized spacial score (nSPS) is 12.9. The number of aromatic nitrogens is 4. The van der Waals surface area contributed by atoms with Gasteiger partial charge in [0.1, 0.15) is 12.2 Å². The Morgan fingerprint density at radius 3 is 2.88 bits per heavy atom. The van der Waals surface area contributed by atoms with Crippen molar-refractivity contribution in [1.82, 2.24) is 25.5 Å². The van der Waals surface area contributed by atoms with Gasteiger partial charge in [-0.2, -0.15) is 5.10 Å². The molecule has 16 heavy (non-hydrogen) atoms. The minimum Gasteiger partial charge on any atom is -0.302 e. The molecule has 0 spiro atoms. The Morgan fingerprint density at radius 2 is 2.31 bits per heavy atom. The van der Waals surface area contributed by atoms with Gasteiger partial charge in [0.15, 0.2) is 0 Å². The number of hydrogen-bond acceptors (Lipinski definition) is 5. The summed E-state index contributed by atoms with van der Waals surface area (Å²) in [7, 11) is 0. The Kier molecular flexibility index (Phi) is 3.31. The predicted molar refractivity (Wildman–Crippen MR) is 63.2 cm³/mol. The molecular formula is C10H15N5S. The van der Waals surface area contributed by atoms with Crippen molar-refractivity contribution in [2.24, 2.45) is 0 Å².